The van der Waals surface area contributed by atoms with Crippen molar-refractivity contribution in [1.82, 2.24) is 30.2 Å². The topological polar surface area (TPSA) is 226 Å². The zero-order valence-electron chi connectivity index (χ0n) is 42.9. The van der Waals surface area contributed by atoms with E-state index in [0.717, 1.165) is 64.4 Å². The number of nitrogens with one attached hydrogen (secondary N) is 2. The van der Waals surface area contributed by atoms with E-state index < -0.39 is 28.7 Å². The number of halogens is 1. The monoisotopic (exact) mass is 1050 g/mol. The van der Waals surface area contributed by atoms with Crippen molar-refractivity contribution >= 4 is 45.5 Å². The lowest BCUT2D eigenvalue weighted by atomic mass is 10.1. The third-order valence-electron chi connectivity index (χ3n) is 12.6. The van der Waals surface area contributed by atoms with Gasteiger partial charge in [-0.25, -0.2) is 23.3 Å². The summed E-state index contributed by atoms with van der Waals surface area (Å²) in [7, 11) is -2.15. The summed E-state index contributed by atoms with van der Waals surface area (Å²) >= 11 is 0. The molecule has 0 saturated heterocycles. The molecule has 0 unspecified atom stereocenters. The largest absolute Gasteiger partial charge is 0.478 e. The Morgan fingerprint density at radius 3 is 1.52 bits per heavy atom. The summed E-state index contributed by atoms with van der Waals surface area (Å²) < 4.78 is 58.5. The van der Waals surface area contributed by atoms with Crippen molar-refractivity contribution in [1.29, 1.82) is 0 Å². The number of methoxy groups -OCH3 is 1. The van der Waals surface area contributed by atoms with Crippen molar-refractivity contribution in [2.24, 2.45) is 0 Å². The van der Waals surface area contributed by atoms with Crippen LogP contribution in [0.25, 0.3) is 0 Å². The Morgan fingerprint density at radius 1 is 0.653 bits per heavy atom. The summed E-state index contributed by atoms with van der Waals surface area (Å²) in [5.74, 6) is -0.272. The zero-order chi connectivity index (χ0) is 53.8. The van der Waals surface area contributed by atoms with Crippen molar-refractivity contribution in [2.45, 2.75) is 79.2 Å². The van der Waals surface area contributed by atoms with Crippen LogP contribution in [-0.4, -0.2) is 110 Å². The smallest absolute Gasteiger partial charge is 0.337 e. The van der Waals surface area contributed by atoms with Gasteiger partial charge in [-0.05, 0) is 85.3 Å². The van der Waals surface area contributed by atoms with Gasteiger partial charge in [0.2, 0.25) is 0 Å². The van der Waals surface area contributed by atoms with E-state index in [4.69, 9.17) is 23.5 Å². The van der Waals surface area contributed by atoms with Gasteiger partial charge in [0.05, 0.1) is 94.1 Å². The molecule has 2 aliphatic rings. The quantitative estimate of drug-likeness (QED) is 0.0358. The highest BCUT2D eigenvalue weighted by atomic mass is 32.2. The molecule has 2 amide bonds. The number of carboxylic acids is 1. The Morgan fingerprint density at radius 2 is 1.09 bits per heavy atom. The maximum atomic E-state index is 13.4. The van der Waals surface area contributed by atoms with Crippen LogP contribution >= 0.6 is 0 Å². The molecule has 3 N–H and O–H groups in total. The van der Waals surface area contributed by atoms with E-state index in [1.807, 2.05) is 85.6 Å². The minimum Gasteiger partial charge on any atom is -0.478 e. The van der Waals surface area contributed by atoms with E-state index >= 15 is 0 Å². The molecule has 4 aromatic carbocycles. The van der Waals surface area contributed by atoms with Gasteiger partial charge in [-0.1, -0.05) is 72.8 Å². The molecular weight excluding hydrogens is 988 g/mol. The van der Waals surface area contributed by atoms with Gasteiger partial charge in [-0.3, -0.25) is 13.8 Å². The molecule has 2 atom stereocenters. The Bertz CT molecular complexity index is 3090. The molecule has 398 valence electrons. The van der Waals surface area contributed by atoms with Crippen LogP contribution in [0.15, 0.2) is 97.1 Å². The predicted octanol–water partition coefficient (Wildman–Crippen LogP) is 6.87. The minimum absolute atomic E-state index is 0.0299. The van der Waals surface area contributed by atoms with E-state index in [2.05, 4.69) is 30.6 Å². The average molecular weight is 1050 g/mol. The second-order valence-electron chi connectivity index (χ2n) is 18.2. The van der Waals surface area contributed by atoms with E-state index in [1.165, 1.54) is 19.2 Å². The van der Waals surface area contributed by atoms with Gasteiger partial charge < -0.3 is 39.8 Å². The number of aromatic nitrogens is 4. The van der Waals surface area contributed by atoms with Crippen LogP contribution in [-0.2, 0) is 67.9 Å². The second kappa shape index (κ2) is 25.2. The maximum Gasteiger partial charge on any atom is 0.337 e. The lowest BCUT2D eigenvalue weighted by Crippen LogP contribution is -2.29. The molecule has 0 fully saturated rings. The molecule has 8 rings (SSSR count). The number of nitrogens with zero attached hydrogens (tertiary/aromatic N) is 6. The van der Waals surface area contributed by atoms with Gasteiger partial charge in [0.15, 0.2) is 0 Å². The fourth-order valence-corrected chi connectivity index (χ4v) is 9.35. The highest BCUT2D eigenvalue weighted by molar-refractivity contribution is 7.85. The van der Waals surface area contributed by atoms with Gasteiger partial charge in [0.1, 0.15) is 29.4 Å². The Labute approximate surface area is 435 Å². The molecule has 0 bridgehead atoms. The number of anilines is 2. The molecule has 2 aliphatic heterocycles. The van der Waals surface area contributed by atoms with Gasteiger partial charge in [0, 0.05) is 26.2 Å². The number of carbonyl (C=O) groups is 4. The van der Waals surface area contributed by atoms with E-state index in [1.54, 1.807) is 36.4 Å². The first-order valence-corrected chi connectivity index (χ1v) is 26.2. The maximum absolute atomic E-state index is 13.4. The molecule has 0 saturated carbocycles. The number of hydrogen-bond acceptors (Lipinski definition) is 14. The number of amides is 2. The van der Waals surface area contributed by atoms with Gasteiger partial charge in [-0.2, -0.15) is 18.6 Å². The van der Waals surface area contributed by atoms with E-state index in [0.29, 0.717) is 67.5 Å². The number of carboxylic acid groups (broad SMARTS) is 1. The lowest BCUT2D eigenvalue weighted by molar-refractivity contribution is 0.0599. The van der Waals surface area contributed by atoms with Crippen molar-refractivity contribution in [2.75, 3.05) is 62.8 Å². The first-order valence-electron chi connectivity index (χ1n) is 24.4. The number of fused-ring (bicyclic) bond motifs is 2. The average Bonchev–Trinajstić information content (AvgIpc) is 4.15. The summed E-state index contributed by atoms with van der Waals surface area (Å²) in [4.78, 5) is 53.9. The second-order valence-corrected chi connectivity index (χ2v) is 19.9. The zero-order valence-corrected chi connectivity index (χ0v) is 43.7. The van der Waals surface area contributed by atoms with Crippen LogP contribution in [0.2, 0.25) is 0 Å². The van der Waals surface area contributed by atoms with Crippen LogP contribution in [0, 0.1) is 13.8 Å². The highest BCUT2D eigenvalue weighted by Gasteiger charge is 2.32. The molecule has 21 heteroatoms. The van der Waals surface area contributed by atoms with Crippen LogP contribution in [0.4, 0.5) is 16.0 Å². The number of hydrogen-bond donors (Lipinski definition) is 3. The number of benzene rings is 4. The number of alkyl halides is 1. The highest BCUT2D eigenvalue weighted by Crippen LogP contribution is 2.32. The molecule has 19 nitrogen and oxygen atoms in total. The Balaban J connectivity index is 0.000000221. The van der Waals surface area contributed by atoms with Crippen LogP contribution < -0.4 is 20.4 Å². The molecular formula is C54H63FN8O11S. The van der Waals surface area contributed by atoms with Crippen molar-refractivity contribution in [3.05, 3.63) is 164 Å². The molecule has 0 aliphatic carbocycles. The van der Waals surface area contributed by atoms with E-state index in [9.17, 15) is 32.0 Å². The fraction of sp³-hybridized carbons (Fsp3) is 0.370. The van der Waals surface area contributed by atoms with Crippen LogP contribution in [0.5, 0.6) is 0 Å². The normalized spacial score (nSPS) is 13.6. The third-order valence-corrected chi connectivity index (χ3v) is 13.2. The Kier molecular flexibility index (Phi) is 18.6. The number of ether oxygens (including phenoxy) is 3. The summed E-state index contributed by atoms with van der Waals surface area (Å²) in [6.07, 6.45) is 1.00. The first kappa shape index (κ1) is 55.3. The standard InChI is InChI=1S/C28H34N4O7S.C26H29FN4O4/c1-19(23-8-10-24(11-9-23)28(34)37-3)29-26(33)25-20(2)30-32-13-12-31(27(25)32)17-21-6-5-7-22(16-21)18-38-14-15-39-40(4,35)36;1-17(21-6-8-22(9-7-21)26(33)34)28-24(32)23-18(2)29-31-12-11-30(25(23)31)15-19-4-3-5-20(14-19)16-35-13-10-27/h5-11,16,19H,12-15,17-18H2,1-4H3,(H,29,33);3-9,14,17H,10-13,15-16H2,1-2H3,(H,28,32)(H,33,34)/t19-;17-/m00/s1. The molecule has 6 aromatic rings. The summed E-state index contributed by atoms with van der Waals surface area (Å²) in [5.41, 5.74) is 8.76. The number of carbonyl (C=O) groups excluding carboxylic acids is 3. The minimum atomic E-state index is -3.48. The number of rotatable bonds is 22. The molecule has 0 radical (unpaired) electrons. The van der Waals surface area contributed by atoms with Gasteiger partial charge in [-0.15, -0.1) is 0 Å². The molecule has 4 heterocycles. The predicted molar refractivity (Wildman–Crippen MR) is 278 cm³/mol. The van der Waals surface area contributed by atoms with Crippen molar-refractivity contribution in [3.63, 3.8) is 0 Å². The SMILES string of the molecule is COC(=O)c1ccc([C@H](C)NC(=O)c2c(C)nn3c2N(Cc2cccc(COCCOS(C)(=O)=O)c2)CC3)cc1.Cc1nn2c(c1C(=O)N[C@@H](C)c1ccc(C(=O)O)cc1)N(Cc1cccc(COCCF)c1)CC2. The number of esters is 1. The fourth-order valence-electron chi connectivity index (χ4n) is 8.98. The summed E-state index contributed by atoms with van der Waals surface area (Å²) in [5, 5.41) is 24.4. The van der Waals surface area contributed by atoms with Crippen molar-refractivity contribution < 1.29 is 55.5 Å². The number of aryl methyl sites for hydroxylation is 2. The summed E-state index contributed by atoms with van der Waals surface area (Å²) in [6, 6.07) is 28.7. The van der Waals surface area contributed by atoms with E-state index in [-0.39, 0.29) is 49.3 Å². The lowest BCUT2D eigenvalue weighted by Gasteiger charge is -2.21. The molecule has 75 heavy (non-hydrogen) atoms. The van der Waals surface area contributed by atoms with Crippen LogP contribution in [0.1, 0.15) is 112 Å². The van der Waals surface area contributed by atoms with Crippen molar-refractivity contribution in [3.8, 4) is 0 Å². The number of aromatic carboxylic acids is 1. The van der Waals surface area contributed by atoms with Gasteiger partial charge in [0.25, 0.3) is 21.9 Å². The first-order chi connectivity index (χ1) is 35.9. The van der Waals surface area contributed by atoms with Gasteiger partial charge >= 0.3 is 11.9 Å². The molecule has 0 spiro atoms. The summed E-state index contributed by atoms with van der Waals surface area (Å²) in [6.45, 7) is 11.8. The van der Waals surface area contributed by atoms with Crippen LogP contribution in [0.3, 0.4) is 0 Å². The third kappa shape index (κ3) is 14.4. The Hall–Kier alpha value is -7.46. The molecule has 2 aromatic heterocycles.